The molecule has 33 heavy (non-hydrogen) atoms. The fraction of sp³-hybridized carbons (Fsp3) is 0.273. The number of nitrogens with zero attached hydrogens (tertiary/aromatic N) is 7. The second-order valence-electron chi connectivity index (χ2n) is 8.24. The Kier molecular flexibility index (Phi) is 4.89. The second-order valence-corrected chi connectivity index (χ2v) is 8.65. The van der Waals surface area contributed by atoms with E-state index in [1.54, 1.807) is 18.5 Å². The van der Waals surface area contributed by atoms with Crippen LogP contribution in [0.15, 0.2) is 41.6 Å². The second kappa shape index (κ2) is 7.66. The number of aryl methyl sites for hydroxylation is 1. The molecule has 0 amide bonds. The summed E-state index contributed by atoms with van der Waals surface area (Å²) in [5.74, 6) is 1.31. The highest BCUT2D eigenvalue weighted by molar-refractivity contribution is 6.33. The van der Waals surface area contributed by atoms with Gasteiger partial charge in [0.1, 0.15) is 17.2 Å². The van der Waals surface area contributed by atoms with Crippen LogP contribution in [0.1, 0.15) is 41.6 Å². The molecular weight excluding hydrogens is 444 g/mol. The first kappa shape index (κ1) is 21.1. The van der Waals surface area contributed by atoms with Crippen molar-refractivity contribution >= 4 is 34.7 Å². The number of nitrogen functional groups attached to an aromatic ring is 1. The maximum atomic E-state index is 13.6. The molecule has 1 saturated heterocycles. The van der Waals surface area contributed by atoms with Crippen molar-refractivity contribution in [2.24, 2.45) is 5.92 Å². The molecule has 0 saturated carbocycles. The highest BCUT2D eigenvalue weighted by atomic mass is 35.5. The number of nitrogens with two attached hydrogens (primary N) is 1. The molecular formula is C22H21ClN8O2. The Labute approximate surface area is 193 Å². The molecule has 10 nitrogen and oxygen atoms in total. The van der Waals surface area contributed by atoms with Gasteiger partial charge in [-0.25, -0.2) is 19.1 Å². The van der Waals surface area contributed by atoms with Gasteiger partial charge < -0.3 is 10.6 Å². The average molecular weight is 465 g/mol. The first-order valence-corrected chi connectivity index (χ1v) is 10.8. The Morgan fingerprint density at radius 3 is 2.76 bits per heavy atom. The number of anilines is 2. The van der Waals surface area contributed by atoms with E-state index in [1.165, 1.54) is 22.2 Å². The minimum atomic E-state index is -0.363. The molecule has 4 aromatic rings. The van der Waals surface area contributed by atoms with E-state index in [0.29, 0.717) is 34.6 Å². The van der Waals surface area contributed by atoms with Crippen LogP contribution in [0.5, 0.6) is 0 Å². The number of ketones is 1. The van der Waals surface area contributed by atoms with Crippen molar-refractivity contribution in [3.05, 3.63) is 69.1 Å². The van der Waals surface area contributed by atoms with Crippen molar-refractivity contribution in [3.63, 3.8) is 0 Å². The molecule has 0 radical (unpaired) electrons. The summed E-state index contributed by atoms with van der Waals surface area (Å²) in [5, 5.41) is 5.07. The van der Waals surface area contributed by atoms with Crippen LogP contribution in [0.2, 0.25) is 5.02 Å². The number of rotatable bonds is 4. The first-order chi connectivity index (χ1) is 15.8. The largest absolute Gasteiger partial charge is 0.368 e. The van der Waals surface area contributed by atoms with Gasteiger partial charge in [0.05, 0.1) is 16.6 Å². The number of carbonyl (C=O) groups excluding carboxylic acids is 1. The van der Waals surface area contributed by atoms with Crippen molar-refractivity contribution in [1.82, 2.24) is 29.1 Å². The predicted molar refractivity (Wildman–Crippen MR) is 124 cm³/mol. The average Bonchev–Trinajstić information content (AvgIpc) is 3.12. The zero-order chi connectivity index (χ0) is 23.4. The molecule has 168 valence electrons. The lowest BCUT2D eigenvalue weighted by molar-refractivity contribution is 0.101. The van der Waals surface area contributed by atoms with E-state index in [0.717, 1.165) is 5.56 Å². The summed E-state index contributed by atoms with van der Waals surface area (Å²) in [6, 6.07) is 4.94. The maximum absolute atomic E-state index is 13.6. The number of halogens is 1. The van der Waals surface area contributed by atoms with Crippen molar-refractivity contribution < 1.29 is 4.79 Å². The van der Waals surface area contributed by atoms with Gasteiger partial charge in [-0.2, -0.15) is 10.1 Å². The number of hydrogen-bond acceptors (Lipinski definition) is 8. The van der Waals surface area contributed by atoms with E-state index in [9.17, 15) is 9.59 Å². The fourth-order valence-electron chi connectivity index (χ4n) is 4.26. The maximum Gasteiger partial charge on any atom is 0.285 e. The van der Waals surface area contributed by atoms with Crippen LogP contribution in [0.3, 0.4) is 0 Å². The molecule has 5 rings (SSSR count). The molecule has 0 spiro atoms. The Balaban J connectivity index is 1.76. The summed E-state index contributed by atoms with van der Waals surface area (Å²) in [6.07, 6.45) is 4.72. The van der Waals surface area contributed by atoms with Gasteiger partial charge in [-0.15, -0.1) is 0 Å². The van der Waals surface area contributed by atoms with Crippen LogP contribution in [-0.2, 0) is 0 Å². The molecule has 4 aromatic heterocycles. The van der Waals surface area contributed by atoms with E-state index < -0.39 is 0 Å². The Morgan fingerprint density at radius 1 is 1.27 bits per heavy atom. The number of pyridine rings is 1. The molecule has 11 heteroatoms. The van der Waals surface area contributed by atoms with Gasteiger partial charge in [-0.1, -0.05) is 18.5 Å². The summed E-state index contributed by atoms with van der Waals surface area (Å²) in [4.78, 5) is 40.5. The fourth-order valence-corrected chi connectivity index (χ4v) is 4.48. The Hall–Kier alpha value is -3.79. The molecule has 1 aliphatic rings. The highest BCUT2D eigenvalue weighted by Crippen LogP contribution is 2.42. The molecule has 0 aromatic carbocycles. The van der Waals surface area contributed by atoms with E-state index in [2.05, 4.69) is 15.0 Å². The smallest absolute Gasteiger partial charge is 0.285 e. The minimum absolute atomic E-state index is 0.0617. The van der Waals surface area contributed by atoms with Gasteiger partial charge in [0.15, 0.2) is 11.6 Å². The molecule has 1 fully saturated rings. The molecule has 2 N–H and O–H groups in total. The predicted octanol–water partition coefficient (Wildman–Crippen LogP) is 2.61. The molecule has 2 atom stereocenters. The Morgan fingerprint density at radius 2 is 2.06 bits per heavy atom. The van der Waals surface area contributed by atoms with Crippen molar-refractivity contribution in [3.8, 4) is 5.82 Å². The monoisotopic (exact) mass is 464 g/mol. The van der Waals surface area contributed by atoms with Gasteiger partial charge >= 0.3 is 0 Å². The summed E-state index contributed by atoms with van der Waals surface area (Å²) in [7, 11) is 0. The standard InChI is InChI=1S/C22H21ClN8O2/c1-11-4-6-25-16(8-11)31-20(28-30-7-5-15(23)18(30)21(31)33)17-12(2)10-29(17)19-14(13(3)32)9-26-22(24)27-19/h4-9,12,17H,10H2,1-3H3,(H2,24,26,27)/t12-,17-/m0/s1. The van der Waals surface area contributed by atoms with Crippen molar-refractivity contribution in [2.75, 3.05) is 17.2 Å². The lowest BCUT2D eigenvalue weighted by atomic mass is 9.88. The molecule has 5 heterocycles. The van der Waals surface area contributed by atoms with Crippen LogP contribution >= 0.6 is 11.6 Å². The van der Waals surface area contributed by atoms with E-state index in [4.69, 9.17) is 22.4 Å². The van der Waals surface area contributed by atoms with Crippen LogP contribution < -0.4 is 16.2 Å². The topological polar surface area (TPSA) is 124 Å². The summed E-state index contributed by atoms with van der Waals surface area (Å²) in [6.45, 7) is 6.03. The van der Waals surface area contributed by atoms with E-state index >= 15 is 0 Å². The molecule has 1 aliphatic heterocycles. The van der Waals surface area contributed by atoms with E-state index in [1.807, 2.05) is 30.9 Å². The van der Waals surface area contributed by atoms with Gasteiger partial charge in [-0.3, -0.25) is 9.59 Å². The van der Waals surface area contributed by atoms with Crippen LogP contribution in [0.4, 0.5) is 11.8 Å². The number of carbonyl (C=O) groups is 1. The number of aromatic nitrogens is 6. The lowest BCUT2D eigenvalue weighted by Gasteiger charge is -2.47. The van der Waals surface area contributed by atoms with Gasteiger partial charge in [0.2, 0.25) is 5.95 Å². The van der Waals surface area contributed by atoms with Crippen molar-refractivity contribution in [2.45, 2.75) is 26.8 Å². The third kappa shape index (κ3) is 3.34. The summed E-state index contributed by atoms with van der Waals surface area (Å²) in [5.41, 5.74) is 7.07. The number of fused-ring (bicyclic) bond motifs is 1. The van der Waals surface area contributed by atoms with Crippen molar-refractivity contribution in [1.29, 1.82) is 0 Å². The number of Topliss-reactive ketones (excluding diaryl/α,β-unsaturated/α-hetero) is 1. The minimum Gasteiger partial charge on any atom is -0.368 e. The first-order valence-electron chi connectivity index (χ1n) is 10.4. The molecule has 0 aliphatic carbocycles. The third-order valence-corrected chi connectivity index (χ3v) is 6.16. The van der Waals surface area contributed by atoms with Gasteiger partial charge in [-0.05, 0) is 37.6 Å². The third-order valence-electron chi connectivity index (χ3n) is 5.86. The number of hydrogen-bond donors (Lipinski definition) is 1. The van der Waals surface area contributed by atoms with Crippen LogP contribution in [0, 0.1) is 12.8 Å². The zero-order valence-electron chi connectivity index (χ0n) is 18.2. The molecule has 0 unspecified atom stereocenters. The molecule has 0 bridgehead atoms. The summed E-state index contributed by atoms with van der Waals surface area (Å²) < 4.78 is 2.97. The van der Waals surface area contributed by atoms with Crippen LogP contribution in [-0.4, -0.2) is 41.5 Å². The zero-order valence-corrected chi connectivity index (χ0v) is 19.0. The lowest BCUT2D eigenvalue weighted by Crippen LogP contribution is -2.52. The highest BCUT2D eigenvalue weighted by Gasteiger charge is 2.43. The van der Waals surface area contributed by atoms with Crippen LogP contribution in [0.25, 0.3) is 11.3 Å². The summed E-state index contributed by atoms with van der Waals surface area (Å²) >= 11 is 6.30. The van der Waals surface area contributed by atoms with Gasteiger partial charge in [0.25, 0.3) is 5.56 Å². The van der Waals surface area contributed by atoms with Gasteiger partial charge in [0, 0.05) is 31.1 Å². The quantitative estimate of drug-likeness (QED) is 0.457. The normalized spacial score (nSPS) is 17.9. The SMILES string of the molecule is CC(=O)c1cnc(N)nc1N1C[C@H](C)[C@H]1c1nn2ccc(Cl)c2c(=O)n1-c1cc(C)ccn1. The van der Waals surface area contributed by atoms with E-state index in [-0.39, 0.29) is 34.8 Å². The Bertz CT molecular complexity index is 1480.